The predicted molar refractivity (Wildman–Crippen MR) is 129 cm³/mol. The molecule has 4 rings (SSSR count). The third-order valence-corrected chi connectivity index (χ3v) is 6.26. The molecule has 0 radical (unpaired) electrons. The number of rotatable bonds is 8. The van der Waals surface area contributed by atoms with Gasteiger partial charge in [-0.25, -0.2) is 0 Å². The van der Waals surface area contributed by atoms with E-state index < -0.39 is 16.1 Å². The Bertz CT molecular complexity index is 1270. The number of nitro benzene ring substituents is 1. The molecule has 7 nitrogen and oxygen atoms in total. The molecule has 1 aliphatic heterocycles. The largest absolute Gasteiger partial charge is 0.493 e. The van der Waals surface area contributed by atoms with Crippen molar-refractivity contribution in [1.29, 1.82) is 0 Å². The number of hydrogen-bond acceptors (Lipinski definition) is 6. The number of thioether (sulfide) groups is 1. The van der Waals surface area contributed by atoms with Crippen LogP contribution in [-0.4, -0.2) is 27.6 Å². The van der Waals surface area contributed by atoms with Crippen LogP contribution in [0.4, 0.5) is 10.5 Å². The molecule has 0 aromatic heterocycles. The Morgan fingerprint density at radius 2 is 1.82 bits per heavy atom. The van der Waals surface area contributed by atoms with E-state index in [0.29, 0.717) is 17.9 Å². The monoisotopic (exact) mass is 462 g/mol. The Morgan fingerprint density at radius 1 is 1.06 bits per heavy atom. The quantitative estimate of drug-likeness (QED) is 0.172. The second kappa shape index (κ2) is 9.87. The van der Waals surface area contributed by atoms with Crippen LogP contribution in [0.3, 0.4) is 0 Å². The lowest BCUT2D eigenvalue weighted by Crippen LogP contribution is -2.27. The van der Waals surface area contributed by atoms with Crippen molar-refractivity contribution in [3.05, 3.63) is 86.8 Å². The standard InChI is InChI=1S/C25H22N2O5S/c1-2-3-14-32-22-13-12-17-8-4-6-10-19(17)20(22)15-23-24(28)26(25(29)33-23)16-18-9-5-7-11-21(18)27(30)31/h4-13,15H,2-3,14,16H2,1H3. The molecular formula is C25H22N2O5S. The van der Waals surface area contributed by atoms with E-state index in [1.165, 1.54) is 6.07 Å². The summed E-state index contributed by atoms with van der Waals surface area (Å²) in [7, 11) is 0. The summed E-state index contributed by atoms with van der Waals surface area (Å²) in [6, 6.07) is 17.7. The third-order valence-electron chi connectivity index (χ3n) is 5.35. The van der Waals surface area contributed by atoms with Crippen LogP contribution in [0.2, 0.25) is 0 Å². The van der Waals surface area contributed by atoms with Crippen molar-refractivity contribution in [3.63, 3.8) is 0 Å². The van der Waals surface area contributed by atoms with Crippen molar-refractivity contribution in [3.8, 4) is 5.75 Å². The summed E-state index contributed by atoms with van der Waals surface area (Å²) in [5.41, 5.74) is 0.918. The maximum absolute atomic E-state index is 13.1. The first-order valence-corrected chi connectivity index (χ1v) is 11.4. The number of benzene rings is 3. The maximum Gasteiger partial charge on any atom is 0.293 e. The van der Waals surface area contributed by atoms with Crippen LogP contribution in [0.25, 0.3) is 16.8 Å². The van der Waals surface area contributed by atoms with Crippen molar-refractivity contribution in [2.24, 2.45) is 0 Å². The van der Waals surface area contributed by atoms with E-state index in [2.05, 4.69) is 6.92 Å². The van der Waals surface area contributed by atoms with Crippen molar-refractivity contribution < 1.29 is 19.2 Å². The number of ether oxygens (including phenoxy) is 1. The summed E-state index contributed by atoms with van der Waals surface area (Å²) in [5, 5.41) is 12.8. The van der Waals surface area contributed by atoms with E-state index in [1.54, 1.807) is 24.3 Å². The lowest BCUT2D eigenvalue weighted by Gasteiger charge is -2.13. The van der Waals surface area contributed by atoms with E-state index in [-0.39, 0.29) is 17.1 Å². The predicted octanol–water partition coefficient (Wildman–Crippen LogP) is 6.16. The molecule has 3 aromatic rings. The second-order valence-corrected chi connectivity index (χ2v) is 8.55. The number of amides is 2. The highest BCUT2D eigenvalue weighted by Crippen LogP contribution is 2.38. The minimum absolute atomic E-state index is 0.124. The number of unbranched alkanes of at least 4 members (excludes halogenated alkanes) is 1. The van der Waals surface area contributed by atoms with E-state index in [4.69, 9.17) is 4.74 Å². The zero-order valence-corrected chi connectivity index (χ0v) is 18.8. The fourth-order valence-electron chi connectivity index (χ4n) is 3.64. The fraction of sp³-hybridized carbons (Fsp3) is 0.200. The molecule has 1 heterocycles. The van der Waals surface area contributed by atoms with Gasteiger partial charge >= 0.3 is 0 Å². The molecule has 33 heavy (non-hydrogen) atoms. The molecule has 168 valence electrons. The molecule has 0 N–H and O–H groups in total. The summed E-state index contributed by atoms with van der Waals surface area (Å²) in [4.78, 5) is 37.9. The molecular weight excluding hydrogens is 440 g/mol. The molecule has 0 atom stereocenters. The van der Waals surface area contributed by atoms with Gasteiger partial charge in [-0.05, 0) is 41.1 Å². The normalized spacial score (nSPS) is 14.9. The van der Waals surface area contributed by atoms with Crippen molar-refractivity contribution >= 4 is 45.4 Å². The number of hydrogen-bond donors (Lipinski definition) is 0. The highest BCUT2D eigenvalue weighted by atomic mass is 32.2. The van der Waals surface area contributed by atoms with Gasteiger partial charge in [0.05, 0.1) is 23.0 Å². The molecule has 2 amide bonds. The smallest absolute Gasteiger partial charge is 0.293 e. The summed E-state index contributed by atoms with van der Waals surface area (Å²) in [6.45, 7) is 2.47. The zero-order chi connectivity index (χ0) is 23.4. The van der Waals surface area contributed by atoms with Crippen molar-refractivity contribution in [2.75, 3.05) is 6.61 Å². The minimum Gasteiger partial charge on any atom is -0.493 e. The summed E-state index contributed by atoms with van der Waals surface area (Å²) in [5.74, 6) is 0.170. The number of carbonyl (C=O) groups is 2. The van der Waals surface area contributed by atoms with Crippen LogP contribution in [0.5, 0.6) is 5.75 Å². The molecule has 0 spiro atoms. The van der Waals surface area contributed by atoms with E-state index in [9.17, 15) is 19.7 Å². The van der Waals surface area contributed by atoms with Gasteiger partial charge in [0, 0.05) is 17.2 Å². The number of carbonyl (C=O) groups excluding carboxylic acids is 2. The lowest BCUT2D eigenvalue weighted by molar-refractivity contribution is -0.385. The summed E-state index contributed by atoms with van der Waals surface area (Å²) < 4.78 is 5.98. The molecule has 8 heteroatoms. The molecule has 3 aromatic carbocycles. The van der Waals surface area contributed by atoms with Crippen LogP contribution in [0.15, 0.2) is 65.6 Å². The van der Waals surface area contributed by atoms with E-state index >= 15 is 0 Å². The number of nitrogens with zero attached hydrogens (tertiary/aromatic N) is 2. The van der Waals surface area contributed by atoms with Gasteiger partial charge < -0.3 is 4.74 Å². The first kappa shape index (κ1) is 22.5. The van der Waals surface area contributed by atoms with Gasteiger partial charge in [-0.1, -0.05) is 61.9 Å². The first-order chi connectivity index (χ1) is 16.0. The molecule has 1 saturated heterocycles. The van der Waals surface area contributed by atoms with Crippen LogP contribution >= 0.6 is 11.8 Å². The van der Waals surface area contributed by atoms with Gasteiger partial charge in [0.2, 0.25) is 0 Å². The fourth-order valence-corrected chi connectivity index (χ4v) is 4.46. The number of para-hydroxylation sites is 1. The molecule has 0 saturated carbocycles. The molecule has 0 aliphatic carbocycles. The highest BCUT2D eigenvalue weighted by molar-refractivity contribution is 8.18. The van der Waals surface area contributed by atoms with Crippen LogP contribution in [0.1, 0.15) is 30.9 Å². The SMILES string of the molecule is CCCCOc1ccc2ccccc2c1C=C1SC(=O)N(Cc2ccccc2[N+](=O)[O-])C1=O. The van der Waals surface area contributed by atoms with Crippen molar-refractivity contribution in [2.45, 2.75) is 26.3 Å². The van der Waals surface area contributed by atoms with Gasteiger partial charge in [0.15, 0.2) is 0 Å². The minimum atomic E-state index is -0.514. The first-order valence-electron chi connectivity index (χ1n) is 10.6. The zero-order valence-electron chi connectivity index (χ0n) is 18.0. The molecule has 1 fully saturated rings. The third kappa shape index (κ3) is 4.75. The Hall–Kier alpha value is -3.65. The number of imide groups is 1. The van der Waals surface area contributed by atoms with Crippen molar-refractivity contribution in [1.82, 2.24) is 4.90 Å². The Balaban J connectivity index is 1.69. The van der Waals surface area contributed by atoms with Gasteiger partial charge in [0.25, 0.3) is 16.8 Å². The number of fused-ring (bicyclic) bond motifs is 1. The van der Waals surface area contributed by atoms with Crippen LogP contribution in [0, 0.1) is 10.1 Å². The average molecular weight is 463 g/mol. The Morgan fingerprint density at radius 3 is 2.61 bits per heavy atom. The van der Waals surface area contributed by atoms with Crippen LogP contribution < -0.4 is 4.74 Å². The Kier molecular flexibility index (Phi) is 6.74. The second-order valence-electron chi connectivity index (χ2n) is 7.55. The molecule has 0 unspecified atom stereocenters. The maximum atomic E-state index is 13.1. The topological polar surface area (TPSA) is 89.8 Å². The van der Waals surface area contributed by atoms with Crippen LogP contribution in [-0.2, 0) is 11.3 Å². The van der Waals surface area contributed by atoms with Gasteiger partial charge in [-0.3, -0.25) is 24.6 Å². The van der Waals surface area contributed by atoms with E-state index in [1.807, 2.05) is 36.4 Å². The molecule has 0 bridgehead atoms. The summed E-state index contributed by atoms with van der Waals surface area (Å²) >= 11 is 0.829. The van der Waals surface area contributed by atoms with Gasteiger partial charge in [0.1, 0.15) is 5.75 Å². The average Bonchev–Trinajstić information content (AvgIpc) is 3.08. The molecule has 1 aliphatic rings. The highest BCUT2D eigenvalue weighted by Gasteiger charge is 2.36. The number of nitro groups is 1. The lowest BCUT2D eigenvalue weighted by atomic mass is 10.0. The van der Waals surface area contributed by atoms with Gasteiger partial charge in [-0.15, -0.1) is 0 Å². The van der Waals surface area contributed by atoms with Gasteiger partial charge in [-0.2, -0.15) is 0 Å². The van der Waals surface area contributed by atoms with E-state index in [0.717, 1.165) is 45.8 Å². The Labute approximate surface area is 195 Å². The summed E-state index contributed by atoms with van der Waals surface area (Å²) in [6.07, 6.45) is 3.58.